The Morgan fingerprint density at radius 2 is 1.57 bits per heavy atom. The molecule has 0 aliphatic rings. The van der Waals surface area contributed by atoms with Gasteiger partial charge in [-0.05, 0) is 73.0 Å². The van der Waals surface area contributed by atoms with Gasteiger partial charge in [-0.1, -0.05) is 35.9 Å². The molecule has 0 saturated carbocycles. The minimum atomic E-state index is -0.0920. The van der Waals surface area contributed by atoms with E-state index >= 15 is 0 Å². The Balaban J connectivity index is 1.48. The van der Waals surface area contributed by atoms with Crippen LogP contribution in [0.1, 0.15) is 16.7 Å². The standard InChI is InChI=1S/C24H23ClN2O2S/c1-16-3-4-17(2)22(13-16)27-24(29)15-30-21-11-9-20(10-12-21)26-23(28)14-18-5-7-19(25)8-6-18/h3-13H,14-15H2,1-2H3,(H,26,28)(H,27,29). The number of amides is 2. The Bertz CT molecular complexity index is 1030. The lowest BCUT2D eigenvalue weighted by Crippen LogP contribution is -2.15. The maximum absolute atomic E-state index is 12.3. The Morgan fingerprint density at radius 1 is 0.867 bits per heavy atom. The third kappa shape index (κ3) is 6.65. The quantitative estimate of drug-likeness (QED) is 0.453. The summed E-state index contributed by atoms with van der Waals surface area (Å²) < 4.78 is 0. The van der Waals surface area contributed by atoms with Crippen molar-refractivity contribution in [3.8, 4) is 0 Å². The highest BCUT2D eigenvalue weighted by Crippen LogP contribution is 2.22. The van der Waals surface area contributed by atoms with Crippen molar-refractivity contribution in [2.24, 2.45) is 0 Å². The van der Waals surface area contributed by atoms with Crippen molar-refractivity contribution in [2.45, 2.75) is 25.2 Å². The van der Waals surface area contributed by atoms with E-state index in [1.54, 1.807) is 12.1 Å². The first kappa shape index (κ1) is 21.9. The summed E-state index contributed by atoms with van der Waals surface area (Å²) in [5.74, 6) is 0.176. The fourth-order valence-electron chi connectivity index (χ4n) is 2.83. The van der Waals surface area contributed by atoms with Crippen molar-refractivity contribution in [1.29, 1.82) is 0 Å². The summed E-state index contributed by atoms with van der Waals surface area (Å²) >= 11 is 7.32. The van der Waals surface area contributed by atoms with E-state index in [-0.39, 0.29) is 18.2 Å². The first-order valence-corrected chi connectivity index (χ1v) is 10.9. The molecule has 6 heteroatoms. The van der Waals surface area contributed by atoms with Gasteiger partial charge in [0.1, 0.15) is 0 Å². The highest BCUT2D eigenvalue weighted by molar-refractivity contribution is 8.00. The average Bonchev–Trinajstić information content (AvgIpc) is 2.72. The first-order chi connectivity index (χ1) is 14.4. The van der Waals surface area contributed by atoms with Crippen molar-refractivity contribution in [3.63, 3.8) is 0 Å². The van der Waals surface area contributed by atoms with Crippen molar-refractivity contribution >= 4 is 46.6 Å². The fraction of sp³-hybridized carbons (Fsp3) is 0.167. The van der Waals surface area contributed by atoms with Gasteiger partial charge in [0.15, 0.2) is 0 Å². The van der Waals surface area contributed by atoms with Crippen LogP contribution in [0.25, 0.3) is 0 Å². The van der Waals surface area contributed by atoms with Crippen LogP contribution in [0.2, 0.25) is 5.02 Å². The number of rotatable bonds is 7. The maximum atomic E-state index is 12.3. The van der Waals surface area contributed by atoms with Crippen molar-refractivity contribution in [1.82, 2.24) is 0 Å². The second-order valence-corrected chi connectivity index (χ2v) is 8.52. The molecule has 0 atom stereocenters. The summed E-state index contributed by atoms with van der Waals surface area (Å²) in [6.07, 6.45) is 0.284. The van der Waals surface area contributed by atoms with Crippen molar-refractivity contribution < 1.29 is 9.59 Å². The summed E-state index contributed by atoms with van der Waals surface area (Å²) in [6.45, 7) is 3.97. The molecule has 0 unspecified atom stereocenters. The van der Waals surface area contributed by atoms with Gasteiger partial charge in [-0.15, -0.1) is 11.8 Å². The molecular weight excluding hydrogens is 416 g/mol. The number of carbonyl (C=O) groups excluding carboxylic acids is 2. The van der Waals surface area contributed by atoms with Crippen LogP contribution in [0.3, 0.4) is 0 Å². The number of hydrogen-bond acceptors (Lipinski definition) is 3. The summed E-state index contributed by atoms with van der Waals surface area (Å²) in [7, 11) is 0. The van der Waals surface area contributed by atoms with Crippen molar-refractivity contribution in [2.75, 3.05) is 16.4 Å². The molecule has 0 aliphatic heterocycles. The van der Waals surface area contributed by atoms with Crippen molar-refractivity contribution in [3.05, 3.63) is 88.4 Å². The zero-order valence-electron chi connectivity index (χ0n) is 16.9. The van der Waals surface area contributed by atoms with Gasteiger partial charge in [-0.25, -0.2) is 0 Å². The van der Waals surface area contributed by atoms with E-state index in [0.717, 1.165) is 33.0 Å². The number of halogens is 1. The second kappa shape index (κ2) is 10.3. The zero-order chi connectivity index (χ0) is 21.5. The van der Waals surface area contributed by atoms with Crippen LogP contribution >= 0.6 is 23.4 Å². The van der Waals surface area contributed by atoms with Gasteiger partial charge in [0, 0.05) is 21.3 Å². The van der Waals surface area contributed by atoms with Gasteiger partial charge < -0.3 is 10.6 Å². The Labute approximate surface area is 186 Å². The number of carbonyl (C=O) groups is 2. The van der Waals surface area contributed by atoms with Gasteiger partial charge >= 0.3 is 0 Å². The fourth-order valence-corrected chi connectivity index (χ4v) is 3.66. The molecule has 0 aliphatic carbocycles. The lowest BCUT2D eigenvalue weighted by molar-refractivity contribution is -0.115. The molecule has 0 spiro atoms. The number of hydrogen-bond donors (Lipinski definition) is 2. The van der Waals surface area contributed by atoms with E-state index in [1.165, 1.54) is 11.8 Å². The van der Waals surface area contributed by atoms with E-state index in [4.69, 9.17) is 11.6 Å². The highest BCUT2D eigenvalue weighted by atomic mass is 35.5. The van der Waals surface area contributed by atoms with Gasteiger partial charge in [-0.2, -0.15) is 0 Å². The van der Waals surface area contributed by atoms with Crippen LogP contribution in [0.5, 0.6) is 0 Å². The normalized spacial score (nSPS) is 10.5. The lowest BCUT2D eigenvalue weighted by atomic mass is 10.1. The summed E-state index contributed by atoms with van der Waals surface area (Å²) in [5, 5.41) is 6.49. The Kier molecular flexibility index (Phi) is 7.55. The molecule has 3 rings (SSSR count). The molecule has 0 fully saturated rings. The van der Waals surface area contributed by atoms with Crippen LogP contribution in [-0.2, 0) is 16.0 Å². The number of thioether (sulfide) groups is 1. The molecule has 2 N–H and O–H groups in total. The molecule has 0 radical (unpaired) electrons. The monoisotopic (exact) mass is 438 g/mol. The summed E-state index contributed by atoms with van der Waals surface area (Å²) in [6, 6.07) is 20.7. The van der Waals surface area contributed by atoms with Gasteiger partial charge in [0.2, 0.25) is 11.8 Å². The van der Waals surface area contributed by atoms with Crippen LogP contribution in [0, 0.1) is 13.8 Å². The van der Waals surface area contributed by atoms with Gasteiger partial charge in [0.25, 0.3) is 0 Å². The summed E-state index contributed by atoms with van der Waals surface area (Å²) in [4.78, 5) is 25.4. The van der Waals surface area contributed by atoms with Gasteiger partial charge in [-0.3, -0.25) is 9.59 Å². The van der Waals surface area contributed by atoms with E-state index < -0.39 is 0 Å². The van der Waals surface area contributed by atoms with E-state index in [9.17, 15) is 9.59 Å². The largest absolute Gasteiger partial charge is 0.326 e. The lowest BCUT2D eigenvalue weighted by Gasteiger charge is -2.10. The van der Waals surface area contributed by atoms with Gasteiger partial charge in [0.05, 0.1) is 12.2 Å². The molecule has 0 aromatic heterocycles. The molecule has 154 valence electrons. The van der Waals surface area contributed by atoms with E-state index in [2.05, 4.69) is 10.6 Å². The van der Waals surface area contributed by atoms with E-state index in [1.807, 2.05) is 68.4 Å². The van der Waals surface area contributed by atoms with Crippen LogP contribution in [0.15, 0.2) is 71.6 Å². The molecule has 30 heavy (non-hydrogen) atoms. The summed E-state index contributed by atoms with van der Waals surface area (Å²) in [5.41, 5.74) is 4.62. The predicted molar refractivity (Wildman–Crippen MR) is 125 cm³/mol. The number of aryl methyl sites for hydroxylation is 2. The minimum absolute atomic E-state index is 0.0472. The third-order valence-corrected chi connectivity index (χ3v) is 5.72. The molecular formula is C24H23ClN2O2S. The van der Waals surface area contributed by atoms with Crippen LogP contribution < -0.4 is 10.6 Å². The minimum Gasteiger partial charge on any atom is -0.326 e. The SMILES string of the molecule is Cc1ccc(C)c(NC(=O)CSc2ccc(NC(=O)Cc3ccc(Cl)cc3)cc2)c1. The first-order valence-electron chi connectivity index (χ1n) is 9.53. The van der Waals surface area contributed by atoms with Crippen LogP contribution in [0.4, 0.5) is 11.4 Å². The Morgan fingerprint density at radius 3 is 2.27 bits per heavy atom. The molecule has 3 aromatic rings. The zero-order valence-corrected chi connectivity index (χ0v) is 18.4. The maximum Gasteiger partial charge on any atom is 0.234 e. The molecule has 0 saturated heterocycles. The number of anilines is 2. The third-order valence-electron chi connectivity index (χ3n) is 4.45. The molecule has 3 aromatic carbocycles. The molecule has 4 nitrogen and oxygen atoms in total. The molecule has 0 heterocycles. The molecule has 2 amide bonds. The average molecular weight is 439 g/mol. The second-order valence-electron chi connectivity index (χ2n) is 7.03. The topological polar surface area (TPSA) is 58.2 Å². The van der Waals surface area contributed by atoms with Crippen LogP contribution in [-0.4, -0.2) is 17.6 Å². The van der Waals surface area contributed by atoms with E-state index in [0.29, 0.717) is 10.8 Å². The number of nitrogens with one attached hydrogen (secondary N) is 2. The molecule has 0 bridgehead atoms. The Hall–Kier alpha value is -2.76. The number of benzene rings is 3. The smallest absolute Gasteiger partial charge is 0.234 e. The predicted octanol–water partition coefficient (Wildman–Crippen LogP) is 5.87. The highest BCUT2D eigenvalue weighted by Gasteiger charge is 2.08.